The van der Waals surface area contributed by atoms with Crippen LogP contribution in [-0.4, -0.2) is 6.04 Å². The molecule has 0 aliphatic heterocycles. The third-order valence-electron chi connectivity index (χ3n) is 3.82. The van der Waals surface area contributed by atoms with Gasteiger partial charge in [-0.1, -0.05) is 34.6 Å². The summed E-state index contributed by atoms with van der Waals surface area (Å²) in [5, 5.41) is 0. The Balaban J connectivity index is 2.82. The largest absolute Gasteiger partial charge is 0.327 e. The van der Waals surface area contributed by atoms with Gasteiger partial charge in [-0.25, -0.2) is 0 Å². The molecule has 66 valence electrons. The van der Waals surface area contributed by atoms with Gasteiger partial charge in [0, 0.05) is 6.04 Å². The summed E-state index contributed by atoms with van der Waals surface area (Å²) < 4.78 is 0. The lowest BCUT2D eigenvalue weighted by Gasteiger charge is -2.31. The fraction of sp³-hybridized carbons (Fsp3) is 1.00. The maximum absolute atomic E-state index is 6.04. The van der Waals surface area contributed by atoms with E-state index in [0.717, 1.165) is 0 Å². The van der Waals surface area contributed by atoms with Crippen LogP contribution in [0.25, 0.3) is 0 Å². The Kier molecular flexibility index (Phi) is 1.83. The third-order valence-corrected chi connectivity index (χ3v) is 3.82. The van der Waals surface area contributed by atoms with Gasteiger partial charge in [0.05, 0.1) is 0 Å². The van der Waals surface area contributed by atoms with Crippen LogP contribution in [0.1, 0.15) is 41.0 Å². The second-order valence-electron chi connectivity index (χ2n) is 4.96. The summed E-state index contributed by atoms with van der Waals surface area (Å²) in [6, 6.07) is 0.437. The van der Waals surface area contributed by atoms with Crippen LogP contribution in [0.15, 0.2) is 0 Å². The minimum absolute atomic E-state index is 0.376. The molecule has 1 saturated carbocycles. The molecule has 2 N–H and O–H groups in total. The van der Waals surface area contributed by atoms with E-state index in [4.69, 9.17) is 5.73 Å². The first-order valence-electron chi connectivity index (χ1n) is 4.63. The first-order valence-corrected chi connectivity index (χ1v) is 4.63. The molecule has 1 aliphatic rings. The van der Waals surface area contributed by atoms with Crippen molar-refractivity contribution in [1.29, 1.82) is 0 Å². The zero-order chi connectivity index (χ0) is 8.86. The topological polar surface area (TPSA) is 26.0 Å². The van der Waals surface area contributed by atoms with E-state index in [1.165, 1.54) is 6.42 Å². The highest BCUT2D eigenvalue weighted by molar-refractivity contribution is 5.16. The summed E-state index contributed by atoms with van der Waals surface area (Å²) in [5.41, 5.74) is 6.84. The van der Waals surface area contributed by atoms with Crippen LogP contribution < -0.4 is 5.73 Å². The monoisotopic (exact) mass is 155 g/mol. The van der Waals surface area contributed by atoms with E-state index < -0.39 is 0 Å². The number of hydrogen-bond acceptors (Lipinski definition) is 1. The highest BCUT2D eigenvalue weighted by Crippen LogP contribution is 2.63. The Bertz CT molecular complexity index is 147. The van der Waals surface area contributed by atoms with Crippen LogP contribution in [0.5, 0.6) is 0 Å². The van der Waals surface area contributed by atoms with Gasteiger partial charge >= 0.3 is 0 Å². The molecule has 1 aliphatic carbocycles. The minimum Gasteiger partial charge on any atom is -0.327 e. The van der Waals surface area contributed by atoms with E-state index in [9.17, 15) is 0 Å². The van der Waals surface area contributed by atoms with Crippen LogP contribution in [0, 0.1) is 16.7 Å². The van der Waals surface area contributed by atoms with Gasteiger partial charge in [0.1, 0.15) is 0 Å². The fourth-order valence-corrected chi connectivity index (χ4v) is 2.94. The molecule has 0 saturated heterocycles. The highest BCUT2D eigenvalue weighted by Gasteiger charge is 2.64. The van der Waals surface area contributed by atoms with Crippen molar-refractivity contribution in [2.45, 2.75) is 47.1 Å². The van der Waals surface area contributed by atoms with E-state index in [-0.39, 0.29) is 0 Å². The van der Waals surface area contributed by atoms with Crippen molar-refractivity contribution in [2.75, 3.05) is 0 Å². The molecule has 3 atom stereocenters. The van der Waals surface area contributed by atoms with Gasteiger partial charge in [0.2, 0.25) is 0 Å². The van der Waals surface area contributed by atoms with E-state index in [1.807, 2.05) is 0 Å². The summed E-state index contributed by atoms with van der Waals surface area (Å²) in [4.78, 5) is 0. The van der Waals surface area contributed by atoms with Crippen molar-refractivity contribution in [3.63, 3.8) is 0 Å². The van der Waals surface area contributed by atoms with E-state index >= 15 is 0 Å². The van der Waals surface area contributed by atoms with E-state index in [2.05, 4.69) is 34.6 Å². The van der Waals surface area contributed by atoms with Gasteiger partial charge in [-0.05, 0) is 23.2 Å². The molecule has 1 rings (SSSR count). The molecular weight excluding hydrogens is 134 g/mol. The third kappa shape index (κ3) is 0.936. The van der Waals surface area contributed by atoms with Crippen molar-refractivity contribution in [2.24, 2.45) is 22.5 Å². The van der Waals surface area contributed by atoms with E-state index in [1.54, 1.807) is 0 Å². The average Bonchev–Trinajstić information content (AvgIpc) is 2.36. The molecule has 0 aromatic carbocycles. The summed E-state index contributed by atoms with van der Waals surface area (Å²) in [5.74, 6) is 0.715. The maximum atomic E-state index is 6.04. The summed E-state index contributed by atoms with van der Waals surface area (Å²) in [6.45, 7) is 11.5. The van der Waals surface area contributed by atoms with Crippen molar-refractivity contribution >= 4 is 0 Å². The predicted octanol–water partition coefficient (Wildman–Crippen LogP) is 2.41. The average molecular weight is 155 g/mol. The molecule has 11 heavy (non-hydrogen) atoms. The number of nitrogens with two attached hydrogens (primary N) is 1. The van der Waals surface area contributed by atoms with Crippen molar-refractivity contribution in [3.05, 3.63) is 0 Å². The standard InChI is InChI=1S/C10H21N/c1-6-10(9(3,4)5)7(2)8(10)11/h7-8H,6,11H2,1-5H3. The van der Waals surface area contributed by atoms with Gasteiger partial charge in [-0.15, -0.1) is 0 Å². The van der Waals surface area contributed by atoms with Gasteiger partial charge in [-0.3, -0.25) is 0 Å². The Labute approximate surface area is 70.4 Å². The molecule has 0 amide bonds. The Morgan fingerprint density at radius 1 is 1.36 bits per heavy atom. The molecule has 3 unspecified atom stereocenters. The first kappa shape index (κ1) is 9.05. The minimum atomic E-state index is 0.376. The number of hydrogen-bond donors (Lipinski definition) is 1. The van der Waals surface area contributed by atoms with Crippen LogP contribution >= 0.6 is 0 Å². The molecule has 0 aromatic heterocycles. The second-order valence-corrected chi connectivity index (χ2v) is 4.96. The molecule has 1 fully saturated rings. The summed E-state index contributed by atoms with van der Waals surface area (Å²) >= 11 is 0. The maximum Gasteiger partial charge on any atom is 0.0135 e. The second kappa shape index (κ2) is 2.22. The van der Waals surface area contributed by atoms with E-state index in [0.29, 0.717) is 22.8 Å². The molecule has 0 heterocycles. The molecule has 1 heteroatoms. The quantitative estimate of drug-likeness (QED) is 0.618. The lowest BCUT2D eigenvalue weighted by atomic mass is 9.74. The molecule has 0 aromatic rings. The van der Waals surface area contributed by atoms with Gasteiger partial charge in [0.15, 0.2) is 0 Å². The lowest BCUT2D eigenvalue weighted by Crippen LogP contribution is -2.28. The van der Waals surface area contributed by atoms with Crippen LogP contribution in [0.3, 0.4) is 0 Å². The molecule has 0 bridgehead atoms. The van der Waals surface area contributed by atoms with Crippen LogP contribution in [-0.2, 0) is 0 Å². The van der Waals surface area contributed by atoms with Gasteiger partial charge in [0.25, 0.3) is 0 Å². The van der Waals surface area contributed by atoms with Crippen molar-refractivity contribution in [1.82, 2.24) is 0 Å². The van der Waals surface area contributed by atoms with Gasteiger partial charge in [-0.2, -0.15) is 0 Å². The SMILES string of the molecule is CCC1(C(C)(C)C)C(C)C1N. The highest BCUT2D eigenvalue weighted by atomic mass is 14.9. The van der Waals surface area contributed by atoms with Crippen LogP contribution in [0.2, 0.25) is 0 Å². The normalized spacial score (nSPS) is 44.2. The summed E-state index contributed by atoms with van der Waals surface area (Å²) in [6.07, 6.45) is 1.22. The lowest BCUT2D eigenvalue weighted by molar-refractivity contribution is 0.182. The smallest absolute Gasteiger partial charge is 0.0135 e. The Morgan fingerprint density at radius 3 is 1.73 bits per heavy atom. The van der Waals surface area contributed by atoms with Crippen LogP contribution in [0.4, 0.5) is 0 Å². The predicted molar refractivity (Wildman–Crippen MR) is 49.3 cm³/mol. The van der Waals surface area contributed by atoms with Crippen molar-refractivity contribution in [3.8, 4) is 0 Å². The molecule has 0 radical (unpaired) electrons. The number of rotatable bonds is 1. The summed E-state index contributed by atoms with van der Waals surface area (Å²) in [7, 11) is 0. The zero-order valence-corrected chi connectivity index (χ0v) is 8.44. The Morgan fingerprint density at radius 2 is 1.73 bits per heavy atom. The zero-order valence-electron chi connectivity index (χ0n) is 8.44. The van der Waals surface area contributed by atoms with Crippen molar-refractivity contribution < 1.29 is 0 Å². The molecule has 1 nitrogen and oxygen atoms in total. The fourth-order valence-electron chi connectivity index (χ4n) is 2.94. The Hall–Kier alpha value is -0.0400. The van der Waals surface area contributed by atoms with Gasteiger partial charge < -0.3 is 5.73 Å². The molecular formula is C10H21N. The molecule has 0 spiro atoms. The first-order chi connectivity index (χ1) is 4.88.